The summed E-state index contributed by atoms with van der Waals surface area (Å²) in [6, 6.07) is 0. The zero-order valence-corrected chi connectivity index (χ0v) is 15.0. The lowest BCUT2D eigenvalue weighted by Crippen LogP contribution is -2.57. The average molecular weight is 318 g/mol. The fraction of sp³-hybridized carbons (Fsp3) is 0.750. The van der Waals surface area contributed by atoms with Crippen molar-refractivity contribution in [2.75, 3.05) is 0 Å². The van der Waals surface area contributed by atoms with E-state index in [9.17, 15) is 15.0 Å². The van der Waals surface area contributed by atoms with Crippen LogP contribution in [0, 0.1) is 22.7 Å². The van der Waals surface area contributed by atoms with E-state index in [1.54, 1.807) is 6.08 Å². The molecule has 3 aliphatic rings. The van der Waals surface area contributed by atoms with Crippen molar-refractivity contribution in [3.8, 4) is 0 Å². The fourth-order valence-corrected chi connectivity index (χ4v) is 5.48. The van der Waals surface area contributed by atoms with E-state index in [1.807, 2.05) is 19.9 Å². The largest absolute Gasteiger partial charge is 0.393 e. The lowest BCUT2D eigenvalue weighted by atomic mass is 9.46. The molecule has 2 fully saturated rings. The lowest BCUT2D eigenvalue weighted by molar-refractivity contribution is -0.120. The first-order valence-corrected chi connectivity index (χ1v) is 8.92. The maximum Gasteiger partial charge on any atom is 0.181 e. The highest BCUT2D eigenvalue weighted by atomic mass is 16.3. The molecule has 0 amide bonds. The minimum Gasteiger partial charge on any atom is -0.393 e. The van der Waals surface area contributed by atoms with Crippen LogP contribution in [0.5, 0.6) is 0 Å². The standard InChI is InChI=1S/C20H30O3/c1-12(2)13-11-20(23)9-6-15-18(3,4)17(22)7-8-19(15,5)16(20)10-14(13)21/h10-12,15,17,22-23H,6-9H2,1-5H3/t15-,17-,19-,20+/m0/s1. The number of aliphatic hydroxyl groups excluding tert-OH is 1. The Hall–Kier alpha value is -0.930. The summed E-state index contributed by atoms with van der Waals surface area (Å²) >= 11 is 0. The maximum atomic E-state index is 12.6. The van der Waals surface area contributed by atoms with Crippen molar-refractivity contribution in [2.45, 2.75) is 72.0 Å². The molecule has 0 spiro atoms. The Balaban J connectivity index is 2.08. The average Bonchev–Trinajstić information content (AvgIpc) is 2.44. The van der Waals surface area contributed by atoms with Crippen LogP contribution < -0.4 is 0 Å². The third-order valence-corrected chi connectivity index (χ3v) is 6.94. The van der Waals surface area contributed by atoms with Crippen LogP contribution in [-0.4, -0.2) is 27.7 Å². The van der Waals surface area contributed by atoms with Crippen LogP contribution in [0.3, 0.4) is 0 Å². The van der Waals surface area contributed by atoms with Gasteiger partial charge < -0.3 is 10.2 Å². The predicted molar refractivity (Wildman–Crippen MR) is 90.8 cm³/mol. The Morgan fingerprint density at radius 2 is 1.83 bits per heavy atom. The van der Waals surface area contributed by atoms with E-state index in [0.717, 1.165) is 30.4 Å². The van der Waals surface area contributed by atoms with Crippen LogP contribution in [0.25, 0.3) is 0 Å². The Kier molecular flexibility index (Phi) is 3.70. The second-order valence-corrected chi connectivity index (χ2v) is 8.99. The summed E-state index contributed by atoms with van der Waals surface area (Å²) < 4.78 is 0. The van der Waals surface area contributed by atoms with Gasteiger partial charge in [-0.15, -0.1) is 0 Å². The Morgan fingerprint density at radius 1 is 1.17 bits per heavy atom. The van der Waals surface area contributed by atoms with Gasteiger partial charge in [0, 0.05) is 5.57 Å². The molecular weight excluding hydrogens is 288 g/mol. The topological polar surface area (TPSA) is 57.5 Å². The quantitative estimate of drug-likeness (QED) is 0.779. The molecule has 0 heterocycles. The van der Waals surface area contributed by atoms with E-state index in [1.165, 1.54) is 0 Å². The first kappa shape index (κ1) is 16.9. The molecule has 23 heavy (non-hydrogen) atoms. The summed E-state index contributed by atoms with van der Waals surface area (Å²) in [6.45, 7) is 10.4. The maximum absolute atomic E-state index is 12.6. The molecule has 0 aromatic rings. The van der Waals surface area contributed by atoms with Gasteiger partial charge in [0.15, 0.2) is 5.78 Å². The van der Waals surface area contributed by atoms with Crippen molar-refractivity contribution in [3.05, 3.63) is 23.3 Å². The summed E-state index contributed by atoms with van der Waals surface area (Å²) in [6.07, 6.45) is 6.30. The van der Waals surface area contributed by atoms with Crippen molar-refractivity contribution >= 4 is 5.78 Å². The Bertz CT molecular complexity index is 598. The molecule has 3 rings (SSSR count). The number of aliphatic hydroxyl groups is 2. The molecule has 3 heteroatoms. The van der Waals surface area contributed by atoms with E-state index in [2.05, 4.69) is 20.8 Å². The van der Waals surface area contributed by atoms with Crippen molar-refractivity contribution in [3.63, 3.8) is 0 Å². The molecule has 2 saturated carbocycles. The highest BCUT2D eigenvalue weighted by Crippen LogP contribution is 2.62. The summed E-state index contributed by atoms with van der Waals surface area (Å²) in [5.74, 6) is 0.456. The third-order valence-electron chi connectivity index (χ3n) is 6.94. The number of fused-ring (bicyclic) bond motifs is 3. The zero-order valence-electron chi connectivity index (χ0n) is 15.0. The van der Waals surface area contributed by atoms with Gasteiger partial charge in [0.05, 0.1) is 6.10 Å². The molecule has 3 aliphatic carbocycles. The number of ketones is 1. The van der Waals surface area contributed by atoms with Crippen LogP contribution in [0.15, 0.2) is 23.3 Å². The SMILES string of the molecule is CC(C)C1=C[C@]2(O)CC[C@H]3C(C)(C)[C@@H](O)CC[C@]3(C)C2=CC1=O. The van der Waals surface area contributed by atoms with Crippen molar-refractivity contribution in [1.82, 2.24) is 0 Å². The highest BCUT2D eigenvalue weighted by Gasteiger charge is 2.59. The molecule has 0 radical (unpaired) electrons. The van der Waals surface area contributed by atoms with Crippen LogP contribution in [-0.2, 0) is 4.79 Å². The molecule has 4 atom stereocenters. The van der Waals surface area contributed by atoms with E-state index in [-0.39, 0.29) is 34.6 Å². The normalized spacial score (nSPS) is 42.7. The van der Waals surface area contributed by atoms with Gasteiger partial charge in [0.25, 0.3) is 0 Å². The second-order valence-electron chi connectivity index (χ2n) is 8.99. The first-order chi connectivity index (χ1) is 10.5. The minimum absolute atomic E-state index is 0.0467. The molecule has 128 valence electrons. The van der Waals surface area contributed by atoms with Gasteiger partial charge in [-0.1, -0.05) is 34.6 Å². The minimum atomic E-state index is -0.989. The van der Waals surface area contributed by atoms with Gasteiger partial charge in [0.1, 0.15) is 5.60 Å². The smallest absolute Gasteiger partial charge is 0.181 e. The molecule has 3 nitrogen and oxygen atoms in total. The van der Waals surface area contributed by atoms with E-state index in [4.69, 9.17) is 0 Å². The van der Waals surface area contributed by atoms with Crippen molar-refractivity contribution in [2.24, 2.45) is 22.7 Å². The van der Waals surface area contributed by atoms with Gasteiger partial charge in [-0.2, -0.15) is 0 Å². The number of carbonyl (C=O) groups excluding carboxylic acids is 1. The zero-order chi connectivity index (χ0) is 17.2. The molecule has 0 saturated heterocycles. The summed E-state index contributed by atoms with van der Waals surface area (Å²) in [4.78, 5) is 12.6. The van der Waals surface area contributed by atoms with Crippen LogP contribution >= 0.6 is 0 Å². The van der Waals surface area contributed by atoms with Gasteiger partial charge in [0.2, 0.25) is 0 Å². The molecular formula is C20H30O3. The molecule has 0 aromatic carbocycles. The molecule has 0 unspecified atom stereocenters. The monoisotopic (exact) mass is 318 g/mol. The van der Waals surface area contributed by atoms with E-state index >= 15 is 0 Å². The number of carbonyl (C=O) groups is 1. The molecule has 0 aliphatic heterocycles. The van der Waals surface area contributed by atoms with Crippen molar-refractivity contribution < 1.29 is 15.0 Å². The number of rotatable bonds is 1. The second kappa shape index (κ2) is 5.03. The molecule has 2 N–H and O–H groups in total. The van der Waals surface area contributed by atoms with Gasteiger partial charge in [-0.05, 0) is 66.1 Å². The van der Waals surface area contributed by atoms with E-state index in [0.29, 0.717) is 6.42 Å². The summed E-state index contributed by atoms with van der Waals surface area (Å²) in [7, 11) is 0. The van der Waals surface area contributed by atoms with Gasteiger partial charge >= 0.3 is 0 Å². The highest BCUT2D eigenvalue weighted by molar-refractivity contribution is 6.06. The fourth-order valence-electron chi connectivity index (χ4n) is 5.48. The summed E-state index contributed by atoms with van der Waals surface area (Å²) in [5, 5.41) is 21.8. The predicted octanol–water partition coefficient (Wildman–Crippen LogP) is 3.41. The van der Waals surface area contributed by atoms with Crippen LogP contribution in [0.1, 0.15) is 60.3 Å². The third kappa shape index (κ3) is 2.27. The van der Waals surface area contributed by atoms with Crippen LogP contribution in [0.2, 0.25) is 0 Å². The first-order valence-electron chi connectivity index (χ1n) is 8.92. The van der Waals surface area contributed by atoms with E-state index < -0.39 is 5.60 Å². The lowest BCUT2D eigenvalue weighted by Gasteiger charge is -2.60. The van der Waals surface area contributed by atoms with Crippen LogP contribution in [0.4, 0.5) is 0 Å². The van der Waals surface area contributed by atoms with Gasteiger partial charge in [-0.25, -0.2) is 0 Å². The molecule has 0 bridgehead atoms. The number of allylic oxidation sites excluding steroid dienone is 2. The number of hydrogen-bond acceptors (Lipinski definition) is 3. The molecule has 0 aromatic heterocycles. The number of hydrogen-bond donors (Lipinski definition) is 2. The Labute approximate surface area is 139 Å². The van der Waals surface area contributed by atoms with Crippen molar-refractivity contribution in [1.29, 1.82) is 0 Å². The summed E-state index contributed by atoms with van der Waals surface area (Å²) in [5.41, 5.74) is 0.214. The van der Waals surface area contributed by atoms with Gasteiger partial charge in [-0.3, -0.25) is 4.79 Å². The Morgan fingerprint density at radius 3 is 2.43 bits per heavy atom.